The van der Waals surface area contributed by atoms with E-state index >= 15 is 0 Å². The van der Waals surface area contributed by atoms with Crippen LogP contribution in [0.4, 0.5) is 5.69 Å². The van der Waals surface area contributed by atoms with E-state index in [9.17, 15) is 14.7 Å². The fraction of sp³-hybridized carbons (Fsp3) is 0.115. The number of methoxy groups -OCH3 is 1. The number of amides is 1. The van der Waals surface area contributed by atoms with E-state index in [0.29, 0.717) is 28.0 Å². The number of rotatable bonds is 5. The molecule has 0 saturated heterocycles. The molecule has 1 atom stereocenters. The van der Waals surface area contributed by atoms with Gasteiger partial charge in [0.2, 0.25) is 5.78 Å². The van der Waals surface area contributed by atoms with E-state index in [1.54, 1.807) is 60.9 Å². The van der Waals surface area contributed by atoms with Crippen LogP contribution >= 0.6 is 0 Å². The van der Waals surface area contributed by atoms with E-state index in [1.807, 2.05) is 19.1 Å². The molecule has 0 bridgehead atoms. The van der Waals surface area contributed by atoms with Gasteiger partial charge < -0.3 is 14.3 Å². The van der Waals surface area contributed by atoms with Gasteiger partial charge in [-0.05, 0) is 48.9 Å². The van der Waals surface area contributed by atoms with Gasteiger partial charge in [0, 0.05) is 23.5 Å². The normalized spacial score (nSPS) is 16.0. The minimum absolute atomic E-state index is 0.00802. The summed E-state index contributed by atoms with van der Waals surface area (Å²) in [5.41, 5.74) is 2.59. The third-order valence-electron chi connectivity index (χ3n) is 5.74. The van der Waals surface area contributed by atoms with Crippen LogP contribution in [-0.4, -0.2) is 28.9 Å². The Morgan fingerprint density at radius 3 is 2.52 bits per heavy atom. The van der Waals surface area contributed by atoms with Crippen molar-refractivity contribution < 1.29 is 23.8 Å². The summed E-state index contributed by atoms with van der Waals surface area (Å²) in [6, 6.07) is 16.8. The summed E-state index contributed by atoms with van der Waals surface area (Å²) >= 11 is 0. The average Bonchev–Trinajstić information content (AvgIpc) is 3.39. The molecule has 4 aromatic rings. The zero-order valence-corrected chi connectivity index (χ0v) is 18.0. The summed E-state index contributed by atoms with van der Waals surface area (Å²) in [4.78, 5) is 32.3. The van der Waals surface area contributed by atoms with Gasteiger partial charge in [-0.25, -0.2) is 0 Å². The van der Waals surface area contributed by atoms with Gasteiger partial charge in [0.15, 0.2) is 22.9 Å². The van der Waals surface area contributed by atoms with E-state index in [2.05, 4.69) is 4.98 Å². The predicted molar refractivity (Wildman–Crippen MR) is 122 cm³/mol. The van der Waals surface area contributed by atoms with Crippen molar-refractivity contribution in [2.75, 3.05) is 12.0 Å². The molecule has 2 aromatic heterocycles. The Kier molecular flexibility index (Phi) is 4.94. The lowest BCUT2D eigenvalue weighted by atomic mass is 9.95. The van der Waals surface area contributed by atoms with Crippen LogP contribution in [0.3, 0.4) is 0 Å². The smallest absolute Gasteiger partial charge is 0.294 e. The highest BCUT2D eigenvalue weighted by Crippen LogP contribution is 2.42. The van der Waals surface area contributed by atoms with Crippen molar-refractivity contribution in [1.82, 2.24) is 4.98 Å². The van der Waals surface area contributed by atoms with Crippen molar-refractivity contribution in [2.24, 2.45) is 0 Å². The molecule has 0 fully saturated rings. The van der Waals surface area contributed by atoms with Crippen molar-refractivity contribution in [2.45, 2.75) is 13.0 Å². The second-order valence-electron chi connectivity index (χ2n) is 7.77. The maximum absolute atomic E-state index is 13.6. The van der Waals surface area contributed by atoms with Crippen molar-refractivity contribution in [3.05, 3.63) is 101 Å². The molecule has 1 aliphatic heterocycles. The lowest BCUT2D eigenvalue weighted by Gasteiger charge is -2.26. The number of ketones is 1. The molecular weight excluding hydrogens is 420 g/mol. The Balaban J connectivity index is 1.65. The number of para-hydroxylation sites is 1. The summed E-state index contributed by atoms with van der Waals surface area (Å²) in [5.74, 6) is -1.34. The van der Waals surface area contributed by atoms with E-state index in [-0.39, 0.29) is 11.3 Å². The fourth-order valence-electron chi connectivity index (χ4n) is 4.11. The van der Waals surface area contributed by atoms with Gasteiger partial charge in [-0.2, -0.15) is 0 Å². The molecular formula is C26H20N2O5. The van der Waals surface area contributed by atoms with Gasteiger partial charge >= 0.3 is 0 Å². The summed E-state index contributed by atoms with van der Waals surface area (Å²) in [7, 11) is 1.52. The Labute approximate surface area is 189 Å². The molecule has 1 N–H and O–H groups in total. The lowest BCUT2D eigenvalue weighted by Crippen LogP contribution is -2.31. The molecule has 7 nitrogen and oxygen atoms in total. The number of nitrogens with zero attached hydrogens (tertiary/aromatic N) is 2. The average molecular weight is 440 g/mol. The number of carbonyl (C=O) groups is 2. The second-order valence-corrected chi connectivity index (χ2v) is 7.77. The molecule has 33 heavy (non-hydrogen) atoms. The molecule has 0 radical (unpaired) electrons. The van der Waals surface area contributed by atoms with Crippen molar-refractivity contribution in [3.63, 3.8) is 0 Å². The molecule has 0 aliphatic carbocycles. The molecule has 164 valence electrons. The second kappa shape index (κ2) is 7.94. The molecule has 5 rings (SSSR count). The number of anilines is 1. The molecule has 1 unspecified atom stereocenters. The third kappa shape index (κ3) is 3.34. The third-order valence-corrected chi connectivity index (χ3v) is 5.74. The van der Waals surface area contributed by atoms with Crippen molar-refractivity contribution >= 4 is 28.3 Å². The number of aryl methyl sites for hydroxylation is 1. The number of Topliss-reactive ketones (excluding diaryl/α,β-unsaturated/α-hetero) is 1. The molecule has 1 aliphatic rings. The number of hydrogen-bond acceptors (Lipinski definition) is 6. The zero-order chi connectivity index (χ0) is 23.1. The first-order valence-electron chi connectivity index (χ1n) is 10.3. The molecule has 0 spiro atoms. The van der Waals surface area contributed by atoms with Gasteiger partial charge in [-0.3, -0.25) is 19.5 Å². The SMILES string of the molecule is COc1cccc2cc(C(=O)C3=C(O)C(=O)N(c4ccc(C)cc4)C3c3ccncc3)oc12. The number of benzene rings is 2. The highest BCUT2D eigenvalue weighted by atomic mass is 16.5. The van der Waals surface area contributed by atoms with Gasteiger partial charge in [0.05, 0.1) is 18.7 Å². The topological polar surface area (TPSA) is 92.9 Å². The number of ether oxygens (including phenoxy) is 1. The van der Waals surface area contributed by atoms with Crippen LogP contribution in [0.15, 0.2) is 88.8 Å². The highest BCUT2D eigenvalue weighted by Gasteiger charge is 2.45. The number of aliphatic hydroxyl groups is 1. The molecule has 2 aromatic carbocycles. The monoisotopic (exact) mass is 440 g/mol. The van der Waals surface area contributed by atoms with Crippen LogP contribution in [0.2, 0.25) is 0 Å². The fourth-order valence-corrected chi connectivity index (χ4v) is 4.11. The standard InChI is InChI=1S/C26H20N2O5/c1-15-6-8-18(9-7-15)28-22(16-10-12-27-13-11-16)21(24(30)26(28)31)23(29)20-14-17-4-3-5-19(32-2)25(17)33-20/h3-14,22,30H,1-2H3. The van der Waals surface area contributed by atoms with Crippen LogP contribution in [0.25, 0.3) is 11.0 Å². The number of aromatic nitrogens is 1. The van der Waals surface area contributed by atoms with E-state index < -0.39 is 23.5 Å². The van der Waals surface area contributed by atoms with Crippen LogP contribution in [0.1, 0.15) is 27.7 Å². The molecule has 0 saturated carbocycles. The van der Waals surface area contributed by atoms with Crippen LogP contribution in [0, 0.1) is 6.92 Å². The summed E-state index contributed by atoms with van der Waals surface area (Å²) in [6.45, 7) is 1.94. The Morgan fingerprint density at radius 2 is 1.82 bits per heavy atom. The largest absolute Gasteiger partial charge is 0.503 e. The first-order valence-corrected chi connectivity index (χ1v) is 10.3. The Morgan fingerprint density at radius 1 is 1.09 bits per heavy atom. The van der Waals surface area contributed by atoms with Crippen LogP contribution in [0.5, 0.6) is 5.75 Å². The molecule has 3 heterocycles. The van der Waals surface area contributed by atoms with Gasteiger partial charge in [-0.15, -0.1) is 0 Å². The lowest BCUT2D eigenvalue weighted by molar-refractivity contribution is -0.117. The quantitative estimate of drug-likeness (QED) is 0.443. The van der Waals surface area contributed by atoms with Crippen molar-refractivity contribution in [3.8, 4) is 5.75 Å². The summed E-state index contributed by atoms with van der Waals surface area (Å²) < 4.78 is 11.2. The number of aliphatic hydroxyl groups excluding tert-OH is 1. The van der Waals surface area contributed by atoms with Gasteiger partial charge in [-0.1, -0.05) is 29.8 Å². The van der Waals surface area contributed by atoms with Gasteiger partial charge in [0.25, 0.3) is 5.91 Å². The van der Waals surface area contributed by atoms with E-state index in [1.165, 1.54) is 12.0 Å². The van der Waals surface area contributed by atoms with Crippen LogP contribution < -0.4 is 9.64 Å². The van der Waals surface area contributed by atoms with E-state index in [0.717, 1.165) is 5.56 Å². The number of carbonyl (C=O) groups excluding carboxylic acids is 2. The minimum atomic E-state index is -0.842. The number of hydrogen-bond donors (Lipinski definition) is 1. The number of furan rings is 1. The highest BCUT2D eigenvalue weighted by molar-refractivity contribution is 6.20. The maximum atomic E-state index is 13.6. The van der Waals surface area contributed by atoms with Crippen LogP contribution in [-0.2, 0) is 4.79 Å². The first-order chi connectivity index (χ1) is 16.0. The summed E-state index contributed by atoms with van der Waals surface area (Å²) in [5, 5.41) is 11.5. The first kappa shape index (κ1) is 20.5. The Bertz CT molecular complexity index is 1400. The minimum Gasteiger partial charge on any atom is -0.503 e. The van der Waals surface area contributed by atoms with Crippen molar-refractivity contribution in [1.29, 1.82) is 0 Å². The number of fused-ring (bicyclic) bond motifs is 1. The molecule has 1 amide bonds. The van der Waals surface area contributed by atoms with E-state index in [4.69, 9.17) is 9.15 Å². The summed E-state index contributed by atoms with van der Waals surface area (Å²) in [6.07, 6.45) is 3.16. The number of pyridine rings is 1. The maximum Gasteiger partial charge on any atom is 0.294 e. The molecule has 7 heteroatoms. The zero-order valence-electron chi connectivity index (χ0n) is 18.0. The predicted octanol–water partition coefficient (Wildman–Crippen LogP) is 4.93. The van der Waals surface area contributed by atoms with Gasteiger partial charge in [0.1, 0.15) is 0 Å². The Hall–Kier alpha value is -4.39.